The van der Waals surface area contributed by atoms with E-state index in [1.54, 1.807) is 24.3 Å². The second kappa shape index (κ2) is 8.39. The summed E-state index contributed by atoms with van der Waals surface area (Å²) < 4.78 is 36.5. The zero-order chi connectivity index (χ0) is 19.3. The number of halogens is 1. The fourth-order valence-corrected chi connectivity index (χ4v) is 3.52. The highest BCUT2D eigenvalue weighted by Gasteiger charge is 2.24. The first-order valence-corrected chi connectivity index (χ1v) is 9.34. The van der Waals surface area contributed by atoms with E-state index < -0.39 is 15.9 Å². The molecule has 9 heteroatoms. The fourth-order valence-electron chi connectivity index (χ4n) is 2.20. The Labute approximate surface area is 157 Å². The molecule has 0 saturated heterocycles. The number of nitrogens with zero attached hydrogens (tertiary/aromatic N) is 1. The summed E-state index contributed by atoms with van der Waals surface area (Å²) >= 11 is 5.98. The number of likely N-dealkylation sites (N-methyl/N-ethyl adjacent to an activating group) is 1. The second-order valence-corrected chi connectivity index (χ2v) is 7.76. The molecular weight excluding hydrogens is 380 g/mol. The lowest BCUT2D eigenvalue weighted by Crippen LogP contribution is -2.35. The van der Waals surface area contributed by atoms with Crippen LogP contribution in [0.3, 0.4) is 0 Å². The third kappa shape index (κ3) is 4.46. The average molecular weight is 399 g/mol. The molecule has 0 heterocycles. The van der Waals surface area contributed by atoms with Crippen molar-refractivity contribution in [1.29, 1.82) is 0 Å². The number of carbonyl (C=O) groups excluding carboxylic acids is 1. The van der Waals surface area contributed by atoms with E-state index in [0.29, 0.717) is 16.5 Å². The predicted molar refractivity (Wildman–Crippen MR) is 99.4 cm³/mol. The van der Waals surface area contributed by atoms with Crippen molar-refractivity contribution in [1.82, 2.24) is 4.31 Å². The molecule has 2 rings (SSSR count). The number of anilines is 1. The fraction of sp³-hybridized carbons (Fsp3) is 0.235. The van der Waals surface area contributed by atoms with Crippen molar-refractivity contribution in [2.24, 2.45) is 0 Å². The third-order valence-corrected chi connectivity index (χ3v) is 5.71. The maximum atomic E-state index is 12.7. The smallest absolute Gasteiger partial charge is 0.243 e. The summed E-state index contributed by atoms with van der Waals surface area (Å²) in [5.41, 5.74) is 0.413. The number of para-hydroxylation sites is 1. The van der Waals surface area contributed by atoms with E-state index in [4.69, 9.17) is 21.1 Å². The lowest BCUT2D eigenvalue weighted by Gasteiger charge is -2.18. The van der Waals surface area contributed by atoms with Crippen LogP contribution in [0.4, 0.5) is 5.69 Å². The minimum Gasteiger partial charge on any atom is -0.493 e. The lowest BCUT2D eigenvalue weighted by atomic mass is 10.3. The van der Waals surface area contributed by atoms with Crippen molar-refractivity contribution < 1.29 is 22.7 Å². The van der Waals surface area contributed by atoms with Crippen molar-refractivity contribution in [3.63, 3.8) is 0 Å². The maximum absolute atomic E-state index is 12.7. The maximum Gasteiger partial charge on any atom is 0.243 e. The van der Waals surface area contributed by atoms with Crippen molar-refractivity contribution in [3.8, 4) is 11.5 Å². The second-order valence-electron chi connectivity index (χ2n) is 5.31. The van der Waals surface area contributed by atoms with Gasteiger partial charge in [-0.1, -0.05) is 23.7 Å². The minimum atomic E-state index is -3.89. The van der Waals surface area contributed by atoms with Gasteiger partial charge in [0.1, 0.15) is 0 Å². The van der Waals surface area contributed by atoms with Gasteiger partial charge in [-0.3, -0.25) is 4.79 Å². The van der Waals surface area contributed by atoms with E-state index in [0.717, 1.165) is 4.31 Å². The van der Waals surface area contributed by atoms with Crippen LogP contribution in [0, 0.1) is 0 Å². The number of ether oxygens (including phenoxy) is 2. The van der Waals surface area contributed by atoms with Gasteiger partial charge >= 0.3 is 0 Å². The molecule has 26 heavy (non-hydrogen) atoms. The molecule has 140 valence electrons. The monoisotopic (exact) mass is 398 g/mol. The van der Waals surface area contributed by atoms with Gasteiger partial charge in [0.15, 0.2) is 11.5 Å². The molecule has 0 fully saturated rings. The van der Waals surface area contributed by atoms with Gasteiger partial charge in [0.2, 0.25) is 15.9 Å². The first kappa shape index (κ1) is 20.0. The molecule has 0 aromatic heterocycles. The summed E-state index contributed by atoms with van der Waals surface area (Å²) in [6, 6.07) is 10.9. The van der Waals surface area contributed by atoms with Crippen molar-refractivity contribution >= 4 is 33.2 Å². The highest BCUT2D eigenvalue weighted by molar-refractivity contribution is 7.89. The number of amides is 1. The minimum absolute atomic E-state index is 0.0109. The Morgan fingerprint density at radius 2 is 1.77 bits per heavy atom. The van der Waals surface area contributed by atoms with Crippen LogP contribution < -0.4 is 14.8 Å². The first-order chi connectivity index (χ1) is 12.3. The summed E-state index contributed by atoms with van der Waals surface area (Å²) in [6.45, 7) is -0.373. The molecule has 1 amide bonds. The number of sulfonamides is 1. The zero-order valence-electron chi connectivity index (χ0n) is 14.5. The summed E-state index contributed by atoms with van der Waals surface area (Å²) in [5, 5.41) is 2.95. The first-order valence-electron chi connectivity index (χ1n) is 7.52. The van der Waals surface area contributed by atoms with Gasteiger partial charge in [-0.2, -0.15) is 4.31 Å². The topological polar surface area (TPSA) is 84.9 Å². The molecule has 2 aromatic rings. The quantitative estimate of drug-likeness (QED) is 0.774. The number of methoxy groups -OCH3 is 2. The molecule has 0 saturated carbocycles. The molecule has 0 aliphatic carbocycles. The number of carbonyl (C=O) groups is 1. The van der Waals surface area contributed by atoms with Crippen molar-refractivity contribution in [2.45, 2.75) is 4.90 Å². The number of nitrogens with one attached hydrogen (secondary N) is 1. The number of hydrogen-bond donors (Lipinski definition) is 1. The van der Waals surface area contributed by atoms with E-state index >= 15 is 0 Å². The van der Waals surface area contributed by atoms with Gasteiger partial charge in [-0.15, -0.1) is 0 Å². The van der Waals surface area contributed by atoms with Gasteiger partial charge in [0.05, 0.1) is 36.4 Å². The van der Waals surface area contributed by atoms with Crippen LogP contribution in [-0.4, -0.2) is 46.4 Å². The van der Waals surface area contributed by atoms with Crippen LogP contribution in [0.1, 0.15) is 0 Å². The Morgan fingerprint density at radius 3 is 2.38 bits per heavy atom. The number of benzene rings is 2. The van der Waals surface area contributed by atoms with Crippen LogP contribution in [0.15, 0.2) is 47.4 Å². The Balaban J connectivity index is 2.16. The van der Waals surface area contributed by atoms with Gasteiger partial charge in [0, 0.05) is 13.1 Å². The van der Waals surface area contributed by atoms with Gasteiger partial charge in [0.25, 0.3) is 0 Å². The van der Waals surface area contributed by atoms with E-state index in [2.05, 4.69) is 5.32 Å². The van der Waals surface area contributed by atoms with E-state index in [1.807, 2.05) is 0 Å². The third-order valence-electron chi connectivity index (χ3n) is 3.58. The summed E-state index contributed by atoms with van der Waals surface area (Å²) in [4.78, 5) is 12.1. The molecule has 0 atom stereocenters. The predicted octanol–water partition coefficient (Wildman–Crippen LogP) is 2.62. The highest BCUT2D eigenvalue weighted by Crippen LogP contribution is 2.30. The average Bonchev–Trinajstić information content (AvgIpc) is 2.62. The molecule has 0 spiro atoms. The Morgan fingerprint density at radius 1 is 1.12 bits per heavy atom. The number of rotatable bonds is 7. The number of hydrogen-bond acceptors (Lipinski definition) is 5. The van der Waals surface area contributed by atoms with Crippen molar-refractivity contribution in [3.05, 3.63) is 47.5 Å². The van der Waals surface area contributed by atoms with Crippen LogP contribution in [0.25, 0.3) is 0 Å². The molecule has 0 aliphatic heterocycles. The highest BCUT2D eigenvalue weighted by atomic mass is 35.5. The van der Waals surface area contributed by atoms with Crippen molar-refractivity contribution in [2.75, 3.05) is 33.1 Å². The largest absolute Gasteiger partial charge is 0.493 e. The van der Waals surface area contributed by atoms with E-state index in [-0.39, 0.29) is 17.2 Å². The zero-order valence-corrected chi connectivity index (χ0v) is 16.1. The molecule has 1 N–H and O–H groups in total. The molecule has 2 aromatic carbocycles. The van der Waals surface area contributed by atoms with Crippen LogP contribution in [-0.2, 0) is 14.8 Å². The van der Waals surface area contributed by atoms with E-state index in [1.165, 1.54) is 39.5 Å². The van der Waals surface area contributed by atoms with E-state index in [9.17, 15) is 13.2 Å². The molecular formula is C17H19ClN2O5S. The molecule has 7 nitrogen and oxygen atoms in total. The molecule has 0 bridgehead atoms. The molecule has 0 aliphatic rings. The van der Waals surface area contributed by atoms with Crippen LogP contribution >= 0.6 is 11.6 Å². The standard InChI is InChI=1S/C17H19ClN2O5S/c1-20(11-17(21)19-14-7-5-4-6-13(14)18)26(22,23)12-8-9-15(24-2)16(10-12)25-3/h4-10H,11H2,1-3H3,(H,19,21). The van der Waals surface area contributed by atoms with Gasteiger partial charge in [-0.05, 0) is 24.3 Å². The van der Waals surface area contributed by atoms with Crippen LogP contribution in [0.5, 0.6) is 11.5 Å². The summed E-state index contributed by atoms with van der Waals surface area (Å²) in [5.74, 6) is 0.178. The normalized spacial score (nSPS) is 11.3. The Kier molecular flexibility index (Phi) is 6.47. The summed E-state index contributed by atoms with van der Waals surface area (Å²) in [6.07, 6.45) is 0. The Bertz CT molecular complexity index is 902. The van der Waals surface area contributed by atoms with Gasteiger partial charge in [-0.25, -0.2) is 8.42 Å². The summed E-state index contributed by atoms with van der Waals surface area (Å²) in [7, 11) is 0.295. The van der Waals surface area contributed by atoms with Crippen LogP contribution in [0.2, 0.25) is 5.02 Å². The Hall–Kier alpha value is -2.29. The van der Waals surface area contributed by atoms with Gasteiger partial charge < -0.3 is 14.8 Å². The molecule has 0 unspecified atom stereocenters. The SMILES string of the molecule is COc1ccc(S(=O)(=O)N(C)CC(=O)Nc2ccccc2Cl)cc1OC. The molecule has 0 radical (unpaired) electrons. The lowest BCUT2D eigenvalue weighted by molar-refractivity contribution is -0.116.